The first-order chi connectivity index (χ1) is 10.3. The van der Waals surface area contributed by atoms with Crippen LogP contribution in [0.25, 0.3) is 38.7 Å². The Labute approximate surface area is 120 Å². The first kappa shape index (κ1) is 10.8. The minimum atomic E-state index is 0.0456. The van der Waals surface area contributed by atoms with Gasteiger partial charge in [-0.15, -0.1) is 0 Å². The van der Waals surface area contributed by atoms with Gasteiger partial charge in [-0.3, -0.25) is 0 Å². The number of hydrogen-bond donors (Lipinski definition) is 0. The van der Waals surface area contributed by atoms with Gasteiger partial charge in [0, 0.05) is 28.4 Å². The quantitative estimate of drug-likeness (QED) is 0.406. The molecular formula is C18H10N2O. The normalized spacial score (nSPS) is 12.0. The lowest BCUT2D eigenvalue weighted by Gasteiger charge is -2.11. The van der Waals surface area contributed by atoms with Crippen LogP contribution in [0.3, 0.4) is 0 Å². The van der Waals surface area contributed by atoms with Crippen molar-refractivity contribution in [2.75, 3.05) is 0 Å². The summed E-state index contributed by atoms with van der Waals surface area (Å²) in [5.74, 6) is 0.0456. The van der Waals surface area contributed by atoms with Gasteiger partial charge in [-0.25, -0.2) is 0 Å². The zero-order valence-corrected chi connectivity index (χ0v) is 11.1. The lowest BCUT2D eigenvalue weighted by molar-refractivity contribution is -0.582. The lowest BCUT2D eigenvalue weighted by Crippen LogP contribution is -2.28. The molecule has 0 bridgehead atoms. The second-order valence-electron chi connectivity index (χ2n) is 5.29. The summed E-state index contributed by atoms with van der Waals surface area (Å²) in [4.78, 5) is 0. The molecule has 4 aromatic rings. The minimum absolute atomic E-state index is 0.0456. The van der Waals surface area contributed by atoms with Crippen molar-refractivity contribution in [1.29, 1.82) is 0 Å². The first-order valence-electron chi connectivity index (χ1n) is 6.89. The fourth-order valence-corrected chi connectivity index (χ4v) is 3.28. The zero-order valence-electron chi connectivity index (χ0n) is 11.1. The molecule has 0 aliphatic heterocycles. The van der Waals surface area contributed by atoms with Gasteiger partial charge in [0.1, 0.15) is 5.69 Å². The van der Waals surface area contributed by atoms with Crippen LogP contribution in [0, 0.1) is 0 Å². The van der Waals surface area contributed by atoms with Crippen LogP contribution in [-0.2, 0) is 0 Å². The van der Waals surface area contributed by atoms with E-state index in [0.717, 1.165) is 33.2 Å². The molecule has 0 N–H and O–H groups in total. The van der Waals surface area contributed by atoms with Crippen LogP contribution in [-0.4, -0.2) is 5.10 Å². The maximum absolute atomic E-state index is 12.9. The molecule has 2 aromatic carbocycles. The highest BCUT2D eigenvalue weighted by atomic mass is 16.3. The highest BCUT2D eigenvalue weighted by Gasteiger charge is 2.27. The number of pyridine rings is 1. The second-order valence-corrected chi connectivity index (χ2v) is 5.29. The summed E-state index contributed by atoms with van der Waals surface area (Å²) in [5.41, 5.74) is 4.18. The fraction of sp³-hybridized carbons (Fsp3) is 0. The molecule has 0 radical (unpaired) electrons. The van der Waals surface area contributed by atoms with E-state index in [1.54, 1.807) is 4.52 Å². The molecule has 0 saturated heterocycles. The highest BCUT2D eigenvalue weighted by molar-refractivity contribution is 6.15. The van der Waals surface area contributed by atoms with Gasteiger partial charge in [-0.05, 0) is 28.2 Å². The van der Waals surface area contributed by atoms with Gasteiger partial charge in [0.05, 0.1) is 0 Å². The van der Waals surface area contributed by atoms with Crippen LogP contribution in [0.1, 0.15) is 0 Å². The van der Waals surface area contributed by atoms with E-state index in [1.807, 2.05) is 48.7 Å². The molecule has 2 aromatic heterocycles. The number of benzene rings is 2. The van der Waals surface area contributed by atoms with Crippen molar-refractivity contribution in [3.05, 3.63) is 60.8 Å². The third-order valence-electron chi connectivity index (χ3n) is 4.17. The van der Waals surface area contributed by atoms with Crippen LogP contribution in [0.5, 0.6) is 5.75 Å². The molecule has 3 heteroatoms. The van der Waals surface area contributed by atoms with Gasteiger partial charge in [0.25, 0.3) is 0 Å². The van der Waals surface area contributed by atoms with Crippen molar-refractivity contribution < 1.29 is 9.62 Å². The molecule has 5 rings (SSSR count). The molecule has 1 aliphatic rings. The third kappa shape index (κ3) is 1.23. The summed E-state index contributed by atoms with van der Waals surface area (Å²) < 4.78 is 1.67. The Morgan fingerprint density at radius 1 is 0.857 bits per heavy atom. The van der Waals surface area contributed by atoms with E-state index in [0.29, 0.717) is 5.52 Å². The molecule has 3 nitrogen and oxygen atoms in total. The Balaban J connectivity index is 2.06. The number of fused-ring (bicyclic) bond motifs is 4. The highest BCUT2D eigenvalue weighted by Crippen LogP contribution is 2.48. The predicted octanol–water partition coefficient (Wildman–Crippen LogP) is 2.69. The second kappa shape index (κ2) is 3.58. The molecule has 21 heavy (non-hydrogen) atoms. The van der Waals surface area contributed by atoms with E-state index in [-0.39, 0.29) is 5.75 Å². The molecule has 0 amide bonds. The van der Waals surface area contributed by atoms with Crippen molar-refractivity contribution in [3.8, 4) is 28.1 Å². The molecular weight excluding hydrogens is 260 g/mol. The van der Waals surface area contributed by atoms with E-state index in [2.05, 4.69) is 17.2 Å². The molecule has 1 aliphatic carbocycles. The van der Waals surface area contributed by atoms with Crippen molar-refractivity contribution in [2.45, 2.75) is 0 Å². The van der Waals surface area contributed by atoms with Gasteiger partial charge in [-0.1, -0.05) is 40.9 Å². The first-order valence-corrected chi connectivity index (χ1v) is 6.89. The number of rotatable bonds is 0. The summed E-state index contributed by atoms with van der Waals surface area (Å²) in [7, 11) is 0. The standard InChI is InChI=1S/C18H10N2O/c21-18-14-9-1-2-10-20(14)19-17-13-8-4-6-11-5-3-7-12(15(11)13)16(17)18/h1-10H. The molecule has 0 spiro atoms. The molecule has 98 valence electrons. The van der Waals surface area contributed by atoms with Crippen LogP contribution < -0.4 is 9.62 Å². The smallest absolute Gasteiger partial charge is 0.231 e. The predicted molar refractivity (Wildman–Crippen MR) is 78.8 cm³/mol. The van der Waals surface area contributed by atoms with Crippen LogP contribution >= 0.6 is 0 Å². The number of nitrogens with zero attached hydrogens (tertiary/aromatic N) is 2. The van der Waals surface area contributed by atoms with Crippen molar-refractivity contribution in [3.63, 3.8) is 0 Å². The molecule has 0 saturated carbocycles. The zero-order chi connectivity index (χ0) is 14.0. The maximum Gasteiger partial charge on any atom is 0.231 e. The van der Waals surface area contributed by atoms with Gasteiger partial charge < -0.3 is 5.11 Å². The lowest BCUT2D eigenvalue weighted by atomic mass is 10.0. The van der Waals surface area contributed by atoms with E-state index in [9.17, 15) is 5.11 Å². The molecule has 0 unspecified atom stereocenters. The number of hydrogen-bond acceptors (Lipinski definition) is 2. The topological polar surface area (TPSA) is 40.1 Å². The molecule has 0 fully saturated rings. The fourth-order valence-electron chi connectivity index (χ4n) is 3.28. The van der Waals surface area contributed by atoms with Crippen molar-refractivity contribution in [2.24, 2.45) is 0 Å². The van der Waals surface area contributed by atoms with Crippen LogP contribution in [0.4, 0.5) is 0 Å². The van der Waals surface area contributed by atoms with E-state index < -0.39 is 0 Å². The Morgan fingerprint density at radius 3 is 2.52 bits per heavy atom. The van der Waals surface area contributed by atoms with Gasteiger partial charge in [-0.2, -0.15) is 0 Å². The van der Waals surface area contributed by atoms with Crippen molar-refractivity contribution in [1.82, 2.24) is 5.10 Å². The minimum Gasteiger partial charge on any atom is -0.867 e. The Hall–Kier alpha value is -2.94. The Kier molecular flexibility index (Phi) is 1.84. The van der Waals surface area contributed by atoms with Crippen LogP contribution in [0.15, 0.2) is 60.8 Å². The average molecular weight is 270 g/mol. The van der Waals surface area contributed by atoms with E-state index in [1.165, 1.54) is 0 Å². The van der Waals surface area contributed by atoms with E-state index >= 15 is 0 Å². The van der Waals surface area contributed by atoms with Gasteiger partial charge in [0.2, 0.25) is 11.7 Å². The maximum atomic E-state index is 12.9. The van der Waals surface area contributed by atoms with Gasteiger partial charge in [0.15, 0.2) is 0 Å². The SMILES string of the molecule is [O-]c1c2c(n[n+]3ccccc13)-c1cccc3cccc-2c13. The van der Waals surface area contributed by atoms with E-state index in [4.69, 9.17) is 0 Å². The largest absolute Gasteiger partial charge is 0.867 e. The molecule has 2 heterocycles. The molecule has 0 atom stereocenters. The Morgan fingerprint density at radius 2 is 1.67 bits per heavy atom. The third-order valence-corrected chi connectivity index (χ3v) is 4.17. The summed E-state index contributed by atoms with van der Waals surface area (Å²) in [6.45, 7) is 0. The van der Waals surface area contributed by atoms with Crippen molar-refractivity contribution >= 4 is 16.3 Å². The van der Waals surface area contributed by atoms with Gasteiger partial charge >= 0.3 is 0 Å². The Bertz CT molecular complexity index is 1050. The average Bonchev–Trinajstić information content (AvgIpc) is 2.85. The summed E-state index contributed by atoms with van der Waals surface area (Å²) in [6, 6.07) is 17.8. The summed E-state index contributed by atoms with van der Waals surface area (Å²) >= 11 is 0. The monoisotopic (exact) mass is 270 g/mol. The summed E-state index contributed by atoms with van der Waals surface area (Å²) in [6.07, 6.45) is 1.82. The number of aromatic nitrogens is 2. The van der Waals surface area contributed by atoms with Crippen LogP contribution in [0.2, 0.25) is 0 Å². The summed E-state index contributed by atoms with van der Waals surface area (Å²) in [5, 5.41) is 19.8.